The van der Waals surface area contributed by atoms with Crippen molar-refractivity contribution >= 4 is 0 Å². The van der Waals surface area contributed by atoms with Crippen molar-refractivity contribution in [2.75, 3.05) is 13.1 Å². The van der Waals surface area contributed by atoms with Gasteiger partial charge in [0, 0.05) is 25.8 Å². The third kappa shape index (κ3) is 2.80. The van der Waals surface area contributed by atoms with Crippen LogP contribution in [0.3, 0.4) is 0 Å². The number of hydrogen-bond acceptors (Lipinski definition) is 3. The summed E-state index contributed by atoms with van der Waals surface area (Å²) in [7, 11) is 0. The van der Waals surface area contributed by atoms with Crippen molar-refractivity contribution in [1.82, 2.24) is 9.88 Å². The van der Waals surface area contributed by atoms with E-state index >= 15 is 0 Å². The van der Waals surface area contributed by atoms with Crippen molar-refractivity contribution < 1.29 is 0 Å². The van der Waals surface area contributed by atoms with Gasteiger partial charge in [0.2, 0.25) is 0 Å². The first-order valence-electron chi connectivity index (χ1n) is 6.18. The molecule has 2 N–H and O–H groups in total. The summed E-state index contributed by atoms with van der Waals surface area (Å²) >= 11 is 0. The number of aromatic nitrogens is 1. The van der Waals surface area contributed by atoms with Crippen molar-refractivity contribution in [2.24, 2.45) is 11.7 Å². The standard InChI is InChI=1S/C13H21N3/c1-2-11-5-6-16(9-11)10-13-4-3-12(7-14)8-15-13/h3-4,8,11H,2,5-7,9-10,14H2,1H3. The molecule has 1 saturated heterocycles. The minimum Gasteiger partial charge on any atom is -0.326 e. The van der Waals surface area contributed by atoms with E-state index in [2.05, 4.69) is 28.9 Å². The van der Waals surface area contributed by atoms with Gasteiger partial charge < -0.3 is 5.73 Å². The molecule has 16 heavy (non-hydrogen) atoms. The van der Waals surface area contributed by atoms with Crippen LogP contribution in [0.4, 0.5) is 0 Å². The van der Waals surface area contributed by atoms with Gasteiger partial charge in [-0.15, -0.1) is 0 Å². The van der Waals surface area contributed by atoms with Gasteiger partial charge in [-0.05, 0) is 30.5 Å². The molecule has 1 atom stereocenters. The molecule has 0 aliphatic carbocycles. The summed E-state index contributed by atoms with van der Waals surface area (Å²) < 4.78 is 0. The molecule has 1 aromatic rings. The normalized spacial score (nSPS) is 21.5. The molecule has 88 valence electrons. The van der Waals surface area contributed by atoms with Crippen LogP contribution in [0.2, 0.25) is 0 Å². The fraction of sp³-hybridized carbons (Fsp3) is 0.615. The number of rotatable bonds is 4. The zero-order chi connectivity index (χ0) is 11.4. The molecule has 1 aromatic heterocycles. The van der Waals surface area contributed by atoms with Gasteiger partial charge in [-0.3, -0.25) is 9.88 Å². The second-order valence-corrected chi connectivity index (χ2v) is 4.66. The van der Waals surface area contributed by atoms with Crippen LogP contribution in [0.5, 0.6) is 0 Å². The summed E-state index contributed by atoms with van der Waals surface area (Å²) in [6, 6.07) is 4.18. The summed E-state index contributed by atoms with van der Waals surface area (Å²) in [5, 5.41) is 0. The highest BCUT2D eigenvalue weighted by atomic mass is 15.1. The van der Waals surface area contributed by atoms with E-state index in [1.165, 1.54) is 25.9 Å². The van der Waals surface area contributed by atoms with Crippen LogP contribution in [-0.2, 0) is 13.1 Å². The lowest BCUT2D eigenvalue weighted by atomic mass is 10.1. The van der Waals surface area contributed by atoms with Crippen molar-refractivity contribution in [3.8, 4) is 0 Å². The molecule has 0 aromatic carbocycles. The summed E-state index contributed by atoms with van der Waals surface area (Å²) in [5.74, 6) is 0.892. The van der Waals surface area contributed by atoms with Gasteiger partial charge in [-0.1, -0.05) is 19.4 Å². The molecule has 0 spiro atoms. The SMILES string of the molecule is CCC1CCN(Cc2ccc(CN)cn2)C1. The van der Waals surface area contributed by atoms with Crippen LogP contribution < -0.4 is 5.73 Å². The summed E-state index contributed by atoms with van der Waals surface area (Å²) in [6.45, 7) is 6.30. The van der Waals surface area contributed by atoms with Crippen molar-refractivity contribution in [3.05, 3.63) is 29.6 Å². The van der Waals surface area contributed by atoms with Gasteiger partial charge in [0.1, 0.15) is 0 Å². The topological polar surface area (TPSA) is 42.1 Å². The molecule has 1 aliphatic rings. The molecule has 3 nitrogen and oxygen atoms in total. The smallest absolute Gasteiger partial charge is 0.0544 e. The molecule has 0 saturated carbocycles. The van der Waals surface area contributed by atoms with E-state index < -0.39 is 0 Å². The zero-order valence-electron chi connectivity index (χ0n) is 10.0. The maximum atomic E-state index is 5.55. The summed E-state index contributed by atoms with van der Waals surface area (Å²) in [4.78, 5) is 6.94. The van der Waals surface area contributed by atoms with Gasteiger partial charge in [0.05, 0.1) is 5.69 Å². The largest absolute Gasteiger partial charge is 0.326 e. The predicted molar refractivity (Wildman–Crippen MR) is 65.8 cm³/mol. The molecule has 2 rings (SSSR count). The molecule has 1 fully saturated rings. The van der Waals surface area contributed by atoms with Crippen LogP contribution in [-0.4, -0.2) is 23.0 Å². The summed E-state index contributed by atoms with van der Waals surface area (Å²) in [5.41, 5.74) is 7.82. The molecule has 1 aliphatic heterocycles. The molecule has 2 heterocycles. The molecule has 1 unspecified atom stereocenters. The first-order valence-corrected chi connectivity index (χ1v) is 6.18. The number of nitrogens with two attached hydrogens (primary N) is 1. The van der Waals surface area contributed by atoms with Gasteiger partial charge in [-0.2, -0.15) is 0 Å². The number of hydrogen-bond donors (Lipinski definition) is 1. The fourth-order valence-corrected chi connectivity index (χ4v) is 2.29. The second-order valence-electron chi connectivity index (χ2n) is 4.66. The van der Waals surface area contributed by atoms with Crippen molar-refractivity contribution in [1.29, 1.82) is 0 Å². The lowest BCUT2D eigenvalue weighted by Gasteiger charge is -2.15. The maximum absolute atomic E-state index is 5.55. The van der Waals surface area contributed by atoms with E-state index in [-0.39, 0.29) is 0 Å². The minimum atomic E-state index is 0.578. The van der Waals surface area contributed by atoms with E-state index in [1.807, 2.05) is 6.20 Å². The number of nitrogens with zero attached hydrogens (tertiary/aromatic N) is 2. The first kappa shape index (κ1) is 11.6. The highest BCUT2D eigenvalue weighted by Crippen LogP contribution is 2.20. The second kappa shape index (κ2) is 5.41. The Bertz CT molecular complexity index is 320. The van der Waals surface area contributed by atoms with E-state index in [0.717, 1.165) is 23.7 Å². The maximum Gasteiger partial charge on any atom is 0.0544 e. The zero-order valence-corrected chi connectivity index (χ0v) is 10.0. The third-order valence-corrected chi connectivity index (χ3v) is 3.45. The van der Waals surface area contributed by atoms with Gasteiger partial charge in [0.15, 0.2) is 0 Å². The predicted octanol–water partition coefficient (Wildman–Crippen LogP) is 1.77. The van der Waals surface area contributed by atoms with Crippen LogP contribution in [0.25, 0.3) is 0 Å². The van der Waals surface area contributed by atoms with Crippen LogP contribution in [0, 0.1) is 5.92 Å². The molecule has 0 amide bonds. The lowest BCUT2D eigenvalue weighted by Crippen LogP contribution is -2.20. The Balaban J connectivity index is 1.89. The summed E-state index contributed by atoms with van der Waals surface area (Å²) in [6.07, 6.45) is 4.54. The number of likely N-dealkylation sites (tertiary alicyclic amines) is 1. The highest BCUT2D eigenvalue weighted by molar-refractivity contribution is 5.13. The Morgan fingerprint density at radius 2 is 2.38 bits per heavy atom. The Hall–Kier alpha value is -0.930. The quantitative estimate of drug-likeness (QED) is 0.839. The lowest BCUT2D eigenvalue weighted by molar-refractivity contribution is 0.311. The monoisotopic (exact) mass is 219 g/mol. The van der Waals surface area contributed by atoms with Crippen molar-refractivity contribution in [2.45, 2.75) is 32.9 Å². The molecular weight excluding hydrogens is 198 g/mol. The van der Waals surface area contributed by atoms with E-state index in [9.17, 15) is 0 Å². The minimum absolute atomic E-state index is 0.578. The van der Waals surface area contributed by atoms with Gasteiger partial charge in [-0.25, -0.2) is 0 Å². The van der Waals surface area contributed by atoms with Crippen LogP contribution >= 0.6 is 0 Å². The molecular formula is C13H21N3. The Morgan fingerprint density at radius 3 is 2.94 bits per heavy atom. The fourth-order valence-electron chi connectivity index (χ4n) is 2.29. The Morgan fingerprint density at radius 1 is 1.50 bits per heavy atom. The Labute approximate surface area is 97.7 Å². The van der Waals surface area contributed by atoms with Crippen LogP contribution in [0.15, 0.2) is 18.3 Å². The molecule has 0 radical (unpaired) electrons. The van der Waals surface area contributed by atoms with E-state index in [1.54, 1.807) is 0 Å². The highest BCUT2D eigenvalue weighted by Gasteiger charge is 2.20. The average molecular weight is 219 g/mol. The number of pyridine rings is 1. The van der Waals surface area contributed by atoms with Crippen molar-refractivity contribution in [3.63, 3.8) is 0 Å². The first-order chi connectivity index (χ1) is 7.81. The van der Waals surface area contributed by atoms with Gasteiger partial charge >= 0.3 is 0 Å². The van der Waals surface area contributed by atoms with Gasteiger partial charge in [0.25, 0.3) is 0 Å². The molecule has 0 bridgehead atoms. The van der Waals surface area contributed by atoms with Crippen LogP contribution in [0.1, 0.15) is 31.0 Å². The van der Waals surface area contributed by atoms with E-state index in [0.29, 0.717) is 6.54 Å². The third-order valence-electron chi connectivity index (χ3n) is 3.45. The van der Waals surface area contributed by atoms with E-state index in [4.69, 9.17) is 5.73 Å². The average Bonchev–Trinajstić information content (AvgIpc) is 2.78. The molecule has 3 heteroatoms. The Kier molecular flexibility index (Phi) is 3.91.